The summed E-state index contributed by atoms with van der Waals surface area (Å²) in [5, 5.41) is 20.8. The number of nitrogens with two attached hydrogens (primary N) is 1. The highest BCUT2D eigenvalue weighted by Gasteiger charge is 2.16. The van der Waals surface area contributed by atoms with Gasteiger partial charge in [-0.1, -0.05) is 48.5 Å². The minimum atomic E-state index is 0.382. The summed E-state index contributed by atoms with van der Waals surface area (Å²) in [6, 6.07) is 22.3. The largest absolute Gasteiger partial charge is 0.382 e. The Morgan fingerprint density at radius 1 is 1.00 bits per heavy atom. The molecule has 0 aliphatic rings. The van der Waals surface area contributed by atoms with Gasteiger partial charge >= 0.3 is 0 Å². The molecular weight excluding hydrogens is 386 g/mol. The minimum absolute atomic E-state index is 0.382. The number of nitriles is 1. The Hall–Kier alpha value is -3.79. The van der Waals surface area contributed by atoms with Crippen LogP contribution in [0, 0.1) is 11.3 Å². The predicted molar refractivity (Wildman–Crippen MR) is 125 cm³/mol. The first-order valence-corrected chi connectivity index (χ1v) is 10.5. The highest BCUT2D eigenvalue weighted by Crippen LogP contribution is 2.21. The van der Waals surface area contributed by atoms with Crippen LogP contribution in [0.25, 0.3) is 5.69 Å². The second kappa shape index (κ2) is 11.4. The van der Waals surface area contributed by atoms with E-state index in [1.165, 1.54) is 5.56 Å². The van der Waals surface area contributed by atoms with E-state index < -0.39 is 0 Å². The highest BCUT2D eigenvalue weighted by atomic mass is 15.3. The van der Waals surface area contributed by atoms with E-state index in [1.54, 1.807) is 11.7 Å². The molecule has 0 bridgehead atoms. The summed E-state index contributed by atoms with van der Waals surface area (Å²) in [5.74, 6) is 1.16. The van der Waals surface area contributed by atoms with Gasteiger partial charge in [-0.2, -0.15) is 10.4 Å². The van der Waals surface area contributed by atoms with Crippen LogP contribution in [-0.4, -0.2) is 35.9 Å². The maximum atomic E-state index is 9.52. The first-order valence-electron chi connectivity index (χ1n) is 10.5. The molecule has 31 heavy (non-hydrogen) atoms. The second-order valence-electron chi connectivity index (χ2n) is 7.18. The fourth-order valence-corrected chi connectivity index (χ4v) is 3.37. The molecule has 7 nitrogen and oxygen atoms in total. The molecule has 0 radical (unpaired) electrons. The number of nitrogens with zero attached hydrogens (tertiary/aromatic N) is 4. The number of nitrogen functional groups attached to an aromatic ring is 1. The fraction of sp³-hybridized carbons (Fsp3) is 0.292. The number of hydrogen-bond acceptors (Lipinski definition) is 4. The highest BCUT2D eigenvalue weighted by molar-refractivity contribution is 5.79. The van der Waals surface area contributed by atoms with E-state index in [9.17, 15) is 5.26 Å². The first-order chi connectivity index (χ1) is 15.2. The van der Waals surface area contributed by atoms with Crippen molar-refractivity contribution in [2.75, 3.05) is 25.9 Å². The van der Waals surface area contributed by atoms with Crippen molar-refractivity contribution in [1.29, 1.82) is 5.26 Å². The molecule has 3 aromatic rings. The molecule has 0 saturated heterocycles. The van der Waals surface area contributed by atoms with Crippen molar-refractivity contribution in [2.24, 2.45) is 4.99 Å². The minimum Gasteiger partial charge on any atom is -0.382 e. The number of nitrogens with one attached hydrogen (secondary N) is 2. The number of rotatable bonds is 9. The molecule has 160 valence electrons. The van der Waals surface area contributed by atoms with Crippen molar-refractivity contribution < 1.29 is 0 Å². The van der Waals surface area contributed by atoms with E-state index in [4.69, 9.17) is 5.73 Å². The van der Waals surface area contributed by atoms with Crippen LogP contribution in [0.15, 0.2) is 65.7 Å². The first kappa shape index (κ1) is 21.9. The smallest absolute Gasteiger partial charge is 0.190 e. The maximum absolute atomic E-state index is 9.52. The van der Waals surface area contributed by atoms with Crippen LogP contribution in [0.2, 0.25) is 0 Å². The average molecular weight is 416 g/mol. The van der Waals surface area contributed by atoms with E-state index in [2.05, 4.69) is 51.1 Å². The number of aryl methyl sites for hydroxylation is 2. The molecular formula is C24H29N7. The average Bonchev–Trinajstić information content (AvgIpc) is 3.14. The lowest BCUT2D eigenvalue weighted by Gasteiger charge is -2.11. The number of para-hydroxylation sites is 1. The lowest BCUT2D eigenvalue weighted by Crippen LogP contribution is -2.38. The van der Waals surface area contributed by atoms with Crippen molar-refractivity contribution >= 4 is 11.8 Å². The quantitative estimate of drug-likeness (QED) is 0.283. The Kier molecular flexibility index (Phi) is 8.06. The van der Waals surface area contributed by atoms with Crippen molar-refractivity contribution in [1.82, 2.24) is 20.4 Å². The number of anilines is 1. The molecule has 3 rings (SSSR count). The monoisotopic (exact) mass is 415 g/mol. The number of guanidine groups is 1. The van der Waals surface area contributed by atoms with Crippen molar-refractivity contribution in [3.05, 3.63) is 77.5 Å². The molecule has 1 heterocycles. The third kappa shape index (κ3) is 6.09. The summed E-state index contributed by atoms with van der Waals surface area (Å²) in [6.07, 6.45) is 3.54. The van der Waals surface area contributed by atoms with Gasteiger partial charge < -0.3 is 16.4 Å². The van der Waals surface area contributed by atoms with Crippen LogP contribution in [0.4, 0.5) is 5.82 Å². The third-order valence-corrected chi connectivity index (χ3v) is 4.99. The standard InChI is InChI=1S/C24H29N7/c1-27-24(28-16-8-12-19-10-4-2-5-11-19)29-17-9-15-22-21(18-25)23(26)31(30-22)20-13-6-3-7-14-20/h2-7,10-11,13-14H,8-9,12,15-17,26H2,1H3,(H2,27,28,29). The molecule has 0 spiro atoms. The zero-order valence-electron chi connectivity index (χ0n) is 17.9. The van der Waals surface area contributed by atoms with E-state index in [1.807, 2.05) is 36.4 Å². The molecule has 0 saturated carbocycles. The number of aliphatic imine (C=N–C) groups is 1. The van der Waals surface area contributed by atoms with Gasteiger partial charge in [0.05, 0.1) is 11.4 Å². The van der Waals surface area contributed by atoms with Crippen LogP contribution < -0.4 is 16.4 Å². The Morgan fingerprint density at radius 3 is 2.23 bits per heavy atom. The zero-order chi connectivity index (χ0) is 21.9. The summed E-state index contributed by atoms with van der Waals surface area (Å²) in [6.45, 7) is 1.58. The summed E-state index contributed by atoms with van der Waals surface area (Å²) in [7, 11) is 1.77. The van der Waals surface area contributed by atoms with Crippen LogP contribution in [0.5, 0.6) is 0 Å². The molecule has 4 N–H and O–H groups in total. The fourth-order valence-electron chi connectivity index (χ4n) is 3.37. The zero-order valence-corrected chi connectivity index (χ0v) is 17.9. The molecule has 0 amide bonds. The molecule has 0 aliphatic carbocycles. The van der Waals surface area contributed by atoms with Crippen molar-refractivity contribution in [3.63, 3.8) is 0 Å². The SMILES string of the molecule is CN=C(NCCCc1ccccc1)NCCCc1nn(-c2ccccc2)c(N)c1C#N. The van der Waals surface area contributed by atoms with Gasteiger partial charge in [0.1, 0.15) is 17.5 Å². The van der Waals surface area contributed by atoms with Gasteiger partial charge in [-0.15, -0.1) is 0 Å². The summed E-state index contributed by atoms with van der Waals surface area (Å²) < 4.78 is 1.63. The van der Waals surface area contributed by atoms with Gasteiger partial charge in [-0.25, -0.2) is 4.68 Å². The van der Waals surface area contributed by atoms with Crippen molar-refractivity contribution in [2.45, 2.75) is 25.7 Å². The topological polar surface area (TPSA) is 104 Å². The van der Waals surface area contributed by atoms with Gasteiger partial charge in [0.2, 0.25) is 0 Å². The van der Waals surface area contributed by atoms with E-state index in [0.717, 1.165) is 49.7 Å². The predicted octanol–water partition coefficient (Wildman–Crippen LogP) is 3.06. The normalized spacial score (nSPS) is 11.2. The van der Waals surface area contributed by atoms with Gasteiger partial charge in [0.25, 0.3) is 0 Å². The Bertz CT molecular complexity index is 1020. The maximum Gasteiger partial charge on any atom is 0.190 e. The van der Waals surface area contributed by atoms with E-state index >= 15 is 0 Å². The van der Waals surface area contributed by atoms with Crippen LogP contribution >= 0.6 is 0 Å². The summed E-state index contributed by atoms with van der Waals surface area (Å²) >= 11 is 0. The number of benzene rings is 2. The number of hydrogen-bond donors (Lipinski definition) is 3. The lowest BCUT2D eigenvalue weighted by atomic mass is 10.1. The van der Waals surface area contributed by atoms with Gasteiger partial charge in [-0.3, -0.25) is 4.99 Å². The molecule has 2 aromatic carbocycles. The molecule has 0 fully saturated rings. The van der Waals surface area contributed by atoms with E-state index in [0.29, 0.717) is 17.8 Å². The molecule has 0 unspecified atom stereocenters. The van der Waals surface area contributed by atoms with Crippen molar-refractivity contribution in [3.8, 4) is 11.8 Å². The van der Waals surface area contributed by atoms with Crippen LogP contribution in [-0.2, 0) is 12.8 Å². The Labute approximate surface area is 183 Å². The van der Waals surface area contributed by atoms with Gasteiger partial charge in [0.15, 0.2) is 5.96 Å². The third-order valence-electron chi connectivity index (χ3n) is 4.99. The summed E-state index contributed by atoms with van der Waals surface area (Å²) in [4.78, 5) is 4.27. The molecule has 1 aromatic heterocycles. The summed E-state index contributed by atoms with van der Waals surface area (Å²) in [5.41, 5.74) is 9.52. The number of aromatic nitrogens is 2. The molecule has 0 aliphatic heterocycles. The van der Waals surface area contributed by atoms with E-state index in [-0.39, 0.29) is 0 Å². The van der Waals surface area contributed by atoms with Gasteiger partial charge in [-0.05, 0) is 43.4 Å². The lowest BCUT2D eigenvalue weighted by molar-refractivity contribution is 0.707. The Balaban J connectivity index is 1.45. The second-order valence-corrected chi connectivity index (χ2v) is 7.18. The molecule has 0 atom stereocenters. The van der Waals surface area contributed by atoms with Crippen LogP contribution in [0.3, 0.4) is 0 Å². The van der Waals surface area contributed by atoms with Gasteiger partial charge in [0, 0.05) is 20.1 Å². The van der Waals surface area contributed by atoms with Crippen LogP contribution in [0.1, 0.15) is 29.7 Å². The Morgan fingerprint density at radius 2 is 1.61 bits per heavy atom. The molecule has 7 heteroatoms.